The molecule has 0 amide bonds. The molecule has 0 radical (unpaired) electrons. The number of carbonyl (C=O) groups excluding carboxylic acids is 2. The van der Waals surface area contributed by atoms with Gasteiger partial charge in [0.15, 0.2) is 6.61 Å². The van der Waals surface area contributed by atoms with Crippen LogP contribution in [0.4, 0.5) is 5.69 Å². The summed E-state index contributed by atoms with van der Waals surface area (Å²) in [5, 5.41) is 2.74. The number of hydrogen-bond donors (Lipinski definition) is 0. The summed E-state index contributed by atoms with van der Waals surface area (Å²) < 4.78 is 4.77. The van der Waals surface area contributed by atoms with Gasteiger partial charge in [0.05, 0.1) is 5.56 Å². The van der Waals surface area contributed by atoms with E-state index in [0.29, 0.717) is 12.3 Å². The first-order valence-electron chi connectivity index (χ1n) is 5.36. The van der Waals surface area contributed by atoms with Gasteiger partial charge in [0.2, 0.25) is 5.78 Å². The number of hydrogen-bond acceptors (Lipinski definition) is 5. The van der Waals surface area contributed by atoms with Crippen LogP contribution in [0.15, 0.2) is 29.4 Å². The van der Waals surface area contributed by atoms with Gasteiger partial charge in [-0.25, -0.2) is 0 Å². The predicted octanol–water partition coefficient (Wildman–Crippen LogP) is 2.83. The highest BCUT2D eigenvalue weighted by atomic mass is 35.5. The average Bonchev–Trinajstić information content (AvgIpc) is 2.42. The Balaban J connectivity index is 2.55. The van der Waals surface area contributed by atoms with Gasteiger partial charge in [0.1, 0.15) is 5.69 Å². The fraction of sp³-hybridized carbons (Fsp3) is 0.333. The second kappa shape index (κ2) is 7.55. The second-order valence-electron chi connectivity index (χ2n) is 3.48. The van der Waals surface area contributed by atoms with Crippen molar-refractivity contribution in [3.8, 4) is 0 Å². The van der Waals surface area contributed by atoms with E-state index in [-0.39, 0.29) is 17.7 Å². The summed E-state index contributed by atoms with van der Waals surface area (Å²) in [6.45, 7) is -0.395. The van der Waals surface area contributed by atoms with E-state index < -0.39 is 18.4 Å². The van der Waals surface area contributed by atoms with Crippen LogP contribution >= 0.6 is 11.6 Å². The van der Waals surface area contributed by atoms with Crippen LogP contribution in [0.3, 0.4) is 0 Å². The Kier molecular flexibility index (Phi) is 6.00. The Morgan fingerprint density at radius 1 is 1.28 bits per heavy atom. The van der Waals surface area contributed by atoms with Crippen LogP contribution in [-0.2, 0) is 9.53 Å². The third-order valence-electron chi connectivity index (χ3n) is 2.18. The summed E-state index contributed by atoms with van der Waals surface area (Å²) in [5.74, 6) is -0.578. The molecule has 0 aliphatic heterocycles. The molecule has 0 atom stereocenters. The number of nitrogens with zero attached hydrogens (tertiary/aromatic N) is 1. The molecule has 0 aliphatic carbocycles. The molecule has 0 unspecified atom stereocenters. The first-order valence-corrected chi connectivity index (χ1v) is 5.89. The summed E-state index contributed by atoms with van der Waals surface area (Å²) in [5.41, 5.74) is 0.192. The van der Waals surface area contributed by atoms with Crippen LogP contribution in [0.1, 0.15) is 23.2 Å². The standard InChI is InChI=1S/C12H12ClNO4/c13-7-3-6-12(16)18-8-11(15)9-4-1-2-5-10(9)14-17/h1-2,4-5H,3,6-8H2. The van der Waals surface area contributed by atoms with Crippen LogP contribution in [-0.4, -0.2) is 24.2 Å². The lowest BCUT2D eigenvalue weighted by Crippen LogP contribution is -2.14. The Hall–Kier alpha value is -1.75. The molecule has 0 bridgehead atoms. The van der Waals surface area contributed by atoms with E-state index in [1.165, 1.54) is 12.1 Å². The fourth-order valence-corrected chi connectivity index (χ4v) is 1.43. The number of carbonyl (C=O) groups is 2. The molecule has 0 aliphatic rings. The smallest absolute Gasteiger partial charge is 0.306 e. The minimum Gasteiger partial charge on any atom is -0.457 e. The van der Waals surface area contributed by atoms with Crippen LogP contribution < -0.4 is 0 Å². The molecule has 5 nitrogen and oxygen atoms in total. The van der Waals surface area contributed by atoms with Crippen molar-refractivity contribution in [1.82, 2.24) is 0 Å². The van der Waals surface area contributed by atoms with Crippen molar-refractivity contribution in [3.05, 3.63) is 34.7 Å². The molecule has 0 saturated heterocycles. The van der Waals surface area contributed by atoms with Crippen LogP contribution in [0.5, 0.6) is 0 Å². The third kappa shape index (κ3) is 4.25. The zero-order valence-electron chi connectivity index (χ0n) is 9.60. The Bertz CT molecular complexity index is 447. The molecule has 1 aromatic carbocycles. The summed E-state index contributed by atoms with van der Waals surface area (Å²) in [6.07, 6.45) is 0.672. The summed E-state index contributed by atoms with van der Waals surface area (Å²) in [6, 6.07) is 6.10. The van der Waals surface area contributed by atoms with E-state index in [1.807, 2.05) is 0 Å². The van der Waals surface area contributed by atoms with Crippen molar-refractivity contribution < 1.29 is 14.3 Å². The molecule has 1 aromatic rings. The topological polar surface area (TPSA) is 72.8 Å². The van der Waals surface area contributed by atoms with Crippen molar-refractivity contribution in [2.24, 2.45) is 5.18 Å². The van der Waals surface area contributed by atoms with Crippen LogP contribution in [0.25, 0.3) is 0 Å². The lowest BCUT2D eigenvalue weighted by molar-refractivity contribution is -0.142. The average molecular weight is 270 g/mol. The number of halogens is 1. The Morgan fingerprint density at radius 2 is 2.00 bits per heavy atom. The number of alkyl halides is 1. The molecule has 0 aromatic heterocycles. The predicted molar refractivity (Wildman–Crippen MR) is 67.1 cm³/mol. The first kappa shape index (κ1) is 14.3. The van der Waals surface area contributed by atoms with E-state index in [0.717, 1.165) is 0 Å². The summed E-state index contributed by atoms with van der Waals surface area (Å²) in [4.78, 5) is 33.4. The Labute approximate surface area is 109 Å². The van der Waals surface area contributed by atoms with E-state index >= 15 is 0 Å². The van der Waals surface area contributed by atoms with Crippen LogP contribution in [0, 0.1) is 4.91 Å². The number of ether oxygens (including phenoxy) is 1. The van der Waals surface area contributed by atoms with E-state index in [4.69, 9.17) is 16.3 Å². The highest BCUT2D eigenvalue weighted by molar-refractivity contribution is 6.17. The summed E-state index contributed by atoms with van der Waals surface area (Å²) in [7, 11) is 0. The van der Waals surface area contributed by atoms with Gasteiger partial charge in [-0.2, -0.15) is 0 Å². The number of rotatable bonds is 7. The molecule has 0 fully saturated rings. The van der Waals surface area contributed by atoms with Gasteiger partial charge in [-0.05, 0) is 23.7 Å². The monoisotopic (exact) mass is 269 g/mol. The number of benzene rings is 1. The van der Waals surface area contributed by atoms with Crippen molar-refractivity contribution in [2.45, 2.75) is 12.8 Å². The molecule has 0 saturated carbocycles. The Morgan fingerprint density at radius 3 is 2.67 bits per heavy atom. The lowest BCUT2D eigenvalue weighted by atomic mass is 10.1. The molecule has 6 heteroatoms. The normalized spacial score (nSPS) is 9.83. The van der Waals surface area contributed by atoms with E-state index in [2.05, 4.69) is 5.18 Å². The van der Waals surface area contributed by atoms with Gasteiger partial charge in [0.25, 0.3) is 0 Å². The number of Topliss-reactive ketones (excluding diaryl/α,β-unsaturated/α-hetero) is 1. The van der Waals surface area contributed by atoms with Crippen LogP contribution in [0.2, 0.25) is 0 Å². The van der Waals surface area contributed by atoms with Crippen molar-refractivity contribution >= 4 is 29.0 Å². The van der Waals surface area contributed by atoms with Gasteiger partial charge < -0.3 is 4.74 Å². The molecular formula is C12H12ClNO4. The van der Waals surface area contributed by atoms with Gasteiger partial charge in [-0.3, -0.25) is 9.59 Å². The molecular weight excluding hydrogens is 258 g/mol. The van der Waals surface area contributed by atoms with Gasteiger partial charge in [0, 0.05) is 12.3 Å². The number of ketones is 1. The lowest BCUT2D eigenvalue weighted by Gasteiger charge is -2.04. The molecule has 0 spiro atoms. The summed E-state index contributed by atoms with van der Waals surface area (Å²) >= 11 is 5.42. The molecule has 0 N–H and O–H groups in total. The van der Waals surface area contributed by atoms with Crippen molar-refractivity contribution in [2.75, 3.05) is 12.5 Å². The second-order valence-corrected chi connectivity index (χ2v) is 3.86. The number of esters is 1. The van der Waals surface area contributed by atoms with Gasteiger partial charge in [-0.15, -0.1) is 16.5 Å². The first-order chi connectivity index (χ1) is 8.69. The van der Waals surface area contributed by atoms with Crippen molar-refractivity contribution in [1.29, 1.82) is 0 Å². The fourth-order valence-electron chi connectivity index (χ4n) is 1.30. The molecule has 18 heavy (non-hydrogen) atoms. The zero-order valence-corrected chi connectivity index (χ0v) is 10.4. The molecule has 96 valence electrons. The van der Waals surface area contributed by atoms with Gasteiger partial charge >= 0.3 is 5.97 Å². The van der Waals surface area contributed by atoms with Gasteiger partial charge in [-0.1, -0.05) is 12.1 Å². The maximum Gasteiger partial charge on any atom is 0.306 e. The maximum atomic E-state index is 11.7. The van der Waals surface area contributed by atoms with Crippen molar-refractivity contribution in [3.63, 3.8) is 0 Å². The highest BCUT2D eigenvalue weighted by Crippen LogP contribution is 2.18. The molecule has 0 heterocycles. The SMILES string of the molecule is O=Nc1ccccc1C(=O)COC(=O)CCCCl. The largest absolute Gasteiger partial charge is 0.457 e. The molecule has 1 rings (SSSR count). The zero-order chi connectivity index (χ0) is 13.4. The number of nitroso groups, excluding NO2 is 1. The highest BCUT2D eigenvalue weighted by Gasteiger charge is 2.13. The third-order valence-corrected chi connectivity index (χ3v) is 2.45. The minimum atomic E-state index is -0.486. The van der Waals surface area contributed by atoms with E-state index in [9.17, 15) is 14.5 Å². The minimum absolute atomic E-state index is 0.0410. The van der Waals surface area contributed by atoms with E-state index in [1.54, 1.807) is 12.1 Å². The quantitative estimate of drug-likeness (QED) is 0.330. The maximum absolute atomic E-state index is 11.7.